The van der Waals surface area contributed by atoms with Gasteiger partial charge in [0.1, 0.15) is 0 Å². The Kier molecular flexibility index (Phi) is 4.05. The van der Waals surface area contributed by atoms with Crippen molar-refractivity contribution in [1.29, 1.82) is 0 Å². The first-order valence-corrected chi connectivity index (χ1v) is 7.65. The molecule has 1 saturated heterocycles. The first-order chi connectivity index (χ1) is 10.3. The molecular weight excluding hydrogens is 258 g/mol. The van der Waals surface area contributed by atoms with Gasteiger partial charge in [-0.2, -0.15) is 0 Å². The van der Waals surface area contributed by atoms with Crippen molar-refractivity contribution in [2.24, 2.45) is 5.41 Å². The lowest BCUT2D eigenvalue weighted by atomic mass is 9.71. The largest absolute Gasteiger partial charge is 0.356 e. The van der Waals surface area contributed by atoms with Gasteiger partial charge >= 0.3 is 0 Å². The van der Waals surface area contributed by atoms with Gasteiger partial charge in [0.15, 0.2) is 0 Å². The third kappa shape index (κ3) is 3.15. The number of carbonyl (C=O) groups is 1. The highest BCUT2D eigenvalue weighted by molar-refractivity contribution is 5.84. The van der Waals surface area contributed by atoms with E-state index in [4.69, 9.17) is 0 Å². The number of nitrogens with one attached hydrogen (secondary N) is 1. The van der Waals surface area contributed by atoms with E-state index in [1.807, 2.05) is 36.4 Å². The van der Waals surface area contributed by atoms with Gasteiger partial charge in [-0.15, -0.1) is 0 Å². The fraction of sp³-hybridized carbons (Fsp3) is 0.316. The van der Waals surface area contributed by atoms with Gasteiger partial charge in [-0.25, -0.2) is 0 Å². The van der Waals surface area contributed by atoms with Crippen LogP contribution in [-0.4, -0.2) is 12.5 Å². The minimum absolute atomic E-state index is 0.210. The maximum atomic E-state index is 12.6. The molecule has 1 aliphatic heterocycles. The Morgan fingerprint density at radius 1 is 0.857 bits per heavy atom. The fourth-order valence-corrected chi connectivity index (χ4v) is 3.30. The van der Waals surface area contributed by atoms with E-state index in [9.17, 15) is 4.79 Å². The van der Waals surface area contributed by atoms with E-state index in [0.717, 1.165) is 32.2 Å². The van der Waals surface area contributed by atoms with Crippen LogP contribution in [0.3, 0.4) is 0 Å². The molecule has 108 valence electrons. The normalized spacial score (nSPS) is 17.2. The van der Waals surface area contributed by atoms with Crippen LogP contribution in [0.1, 0.15) is 24.0 Å². The van der Waals surface area contributed by atoms with Gasteiger partial charge in [-0.1, -0.05) is 60.7 Å². The lowest BCUT2D eigenvalue weighted by Crippen LogP contribution is -2.48. The molecule has 2 aromatic rings. The molecule has 2 nitrogen and oxygen atoms in total. The Hall–Kier alpha value is -2.09. The second-order valence-electron chi connectivity index (χ2n) is 5.96. The molecule has 1 N–H and O–H groups in total. The van der Waals surface area contributed by atoms with Crippen LogP contribution in [0.15, 0.2) is 60.7 Å². The highest BCUT2D eigenvalue weighted by Crippen LogP contribution is 2.35. The van der Waals surface area contributed by atoms with Crippen molar-refractivity contribution in [2.75, 3.05) is 6.54 Å². The zero-order chi connectivity index (χ0) is 14.5. The quantitative estimate of drug-likeness (QED) is 0.913. The summed E-state index contributed by atoms with van der Waals surface area (Å²) in [6.45, 7) is 0.810. The van der Waals surface area contributed by atoms with Crippen LogP contribution in [0.5, 0.6) is 0 Å². The first-order valence-electron chi connectivity index (χ1n) is 7.65. The van der Waals surface area contributed by atoms with Crippen molar-refractivity contribution in [2.45, 2.75) is 25.7 Å². The van der Waals surface area contributed by atoms with Crippen LogP contribution < -0.4 is 5.32 Å². The van der Waals surface area contributed by atoms with Crippen molar-refractivity contribution in [3.8, 4) is 0 Å². The van der Waals surface area contributed by atoms with Crippen molar-refractivity contribution >= 4 is 5.91 Å². The van der Waals surface area contributed by atoms with Gasteiger partial charge in [0.25, 0.3) is 0 Å². The van der Waals surface area contributed by atoms with E-state index in [-0.39, 0.29) is 11.3 Å². The van der Waals surface area contributed by atoms with Gasteiger partial charge in [0.2, 0.25) is 5.91 Å². The summed E-state index contributed by atoms with van der Waals surface area (Å²) in [6, 6.07) is 20.7. The average Bonchev–Trinajstić information content (AvgIpc) is 2.52. The number of benzene rings is 2. The predicted octanol–water partition coefficient (Wildman–Crippen LogP) is 3.37. The van der Waals surface area contributed by atoms with Crippen molar-refractivity contribution in [3.63, 3.8) is 0 Å². The molecule has 0 aliphatic carbocycles. The topological polar surface area (TPSA) is 29.1 Å². The summed E-state index contributed by atoms with van der Waals surface area (Å²) < 4.78 is 0. The third-order valence-electron chi connectivity index (χ3n) is 4.37. The zero-order valence-corrected chi connectivity index (χ0v) is 12.2. The van der Waals surface area contributed by atoms with Gasteiger partial charge in [-0.3, -0.25) is 4.79 Å². The second-order valence-corrected chi connectivity index (χ2v) is 5.96. The lowest BCUT2D eigenvalue weighted by Gasteiger charge is -2.36. The van der Waals surface area contributed by atoms with Crippen LogP contribution in [0.2, 0.25) is 0 Å². The number of carbonyl (C=O) groups excluding carboxylic acids is 1. The molecule has 1 heterocycles. The summed E-state index contributed by atoms with van der Waals surface area (Å²) in [4.78, 5) is 12.6. The molecule has 0 bridgehead atoms. The Labute approximate surface area is 126 Å². The summed E-state index contributed by atoms with van der Waals surface area (Å²) in [5, 5.41) is 3.07. The van der Waals surface area contributed by atoms with Gasteiger partial charge in [-0.05, 0) is 36.8 Å². The molecular formula is C19H21NO. The molecule has 0 radical (unpaired) electrons. The maximum absolute atomic E-state index is 12.6. The molecule has 1 amide bonds. The number of amides is 1. The van der Waals surface area contributed by atoms with E-state index < -0.39 is 0 Å². The maximum Gasteiger partial charge on any atom is 0.226 e. The van der Waals surface area contributed by atoms with E-state index in [1.165, 1.54) is 11.1 Å². The molecule has 0 aromatic heterocycles. The first kappa shape index (κ1) is 13.9. The smallest absolute Gasteiger partial charge is 0.226 e. The van der Waals surface area contributed by atoms with Crippen LogP contribution >= 0.6 is 0 Å². The molecule has 0 atom stereocenters. The molecule has 0 spiro atoms. The molecule has 1 fully saturated rings. The molecule has 1 aliphatic rings. The van der Waals surface area contributed by atoms with Crippen molar-refractivity contribution in [1.82, 2.24) is 5.32 Å². The molecule has 3 rings (SSSR count). The monoisotopic (exact) mass is 279 g/mol. The van der Waals surface area contributed by atoms with E-state index in [0.29, 0.717) is 0 Å². The number of piperidine rings is 1. The number of hydrogen-bond donors (Lipinski definition) is 1. The Balaban J connectivity index is 1.89. The minimum Gasteiger partial charge on any atom is -0.356 e. The minimum atomic E-state index is -0.305. The van der Waals surface area contributed by atoms with Crippen LogP contribution in [0.25, 0.3) is 0 Å². The molecule has 0 saturated carbocycles. The number of hydrogen-bond acceptors (Lipinski definition) is 1. The van der Waals surface area contributed by atoms with E-state index in [2.05, 4.69) is 29.6 Å². The van der Waals surface area contributed by atoms with E-state index in [1.54, 1.807) is 0 Å². The van der Waals surface area contributed by atoms with Crippen molar-refractivity contribution < 1.29 is 4.79 Å². The Bertz CT molecular complexity index is 550. The summed E-state index contributed by atoms with van der Waals surface area (Å²) >= 11 is 0. The highest BCUT2D eigenvalue weighted by atomic mass is 16.2. The predicted molar refractivity (Wildman–Crippen MR) is 85.0 cm³/mol. The average molecular weight is 279 g/mol. The van der Waals surface area contributed by atoms with Crippen LogP contribution in [-0.2, 0) is 17.6 Å². The Morgan fingerprint density at radius 3 is 1.86 bits per heavy atom. The summed E-state index contributed by atoms with van der Waals surface area (Å²) in [5.41, 5.74) is 2.18. The van der Waals surface area contributed by atoms with Crippen LogP contribution in [0.4, 0.5) is 0 Å². The zero-order valence-electron chi connectivity index (χ0n) is 12.2. The van der Waals surface area contributed by atoms with E-state index >= 15 is 0 Å². The van der Waals surface area contributed by atoms with Crippen molar-refractivity contribution in [3.05, 3.63) is 71.8 Å². The Morgan fingerprint density at radius 2 is 1.38 bits per heavy atom. The number of rotatable bonds is 4. The highest BCUT2D eigenvalue weighted by Gasteiger charge is 2.40. The summed E-state index contributed by atoms with van der Waals surface area (Å²) in [6.07, 6.45) is 3.65. The SMILES string of the molecule is O=C1NCCCC1(Cc1ccccc1)Cc1ccccc1. The fourth-order valence-electron chi connectivity index (χ4n) is 3.30. The summed E-state index contributed by atoms with van der Waals surface area (Å²) in [5.74, 6) is 0.210. The summed E-state index contributed by atoms with van der Waals surface area (Å²) in [7, 11) is 0. The standard InChI is InChI=1S/C19H21NO/c21-18-19(12-7-13-20-18,14-16-8-3-1-4-9-16)15-17-10-5-2-6-11-17/h1-6,8-11H,7,12-15H2,(H,20,21). The van der Waals surface area contributed by atoms with Crippen LogP contribution in [0, 0.1) is 5.41 Å². The molecule has 2 heteroatoms. The second kappa shape index (κ2) is 6.13. The van der Waals surface area contributed by atoms with Gasteiger partial charge in [0, 0.05) is 6.54 Å². The van der Waals surface area contributed by atoms with Gasteiger partial charge < -0.3 is 5.32 Å². The molecule has 0 unspecified atom stereocenters. The third-order valence-corrected chi connectivity index (χ3v) is 4.37. The molecule has 21 heavy (non-hydrogen) atoms. The molecule has 2 aromatic carbocycles. The van der Waals surface area contributed by atoms with Gasteiger partial charge in [0.05, 0.1) is 5.41 Å². The lowest BCUT2D eigenvalue weighted by molar-refractivity contribution is -0.133.